The number of fused-ring (bicyclic) bond motifs is 1. The van der Waals surface area contributed by atoms with E-state index in [-0.39, 0.29) is 18.2 Å². The van der Waals surface area contributed by atoms with Gasteiger partial charge in [-0.1, -0.05) is 18.2 Å². The second-order valence-corrected chi connectivity index (χ2v) is 7.19. The molecule has 9 heteroatoms. The van der Waals surface area contributed by atoms with Gasteiger partial charge in [-0.05, 0) is 11.6 Å². The fourth-order valence-electron chi connectivity index (χ4n) is 3.03. The van der Waals surface area contributed by atoms with Gasteiger partial charge >= 0.3 is 0 Å². The van der Waals surface area contributed by atoms with E-state index in [9.17, 15) is 9.59 Å². The van der Waals surface area contributed by atoms with Crippen molar-refractivity contribution >= 4 is 28.3 Å². The summed E-state index contributed by atoms with van der Waals surface area (Å²) in [6.07, 6.45) is -0.0328. The van der Waals surface area contributed by atoms with E-state index in [1.165, 1.54) is 11.3 Å². The van der Waals surface area contributed by atoms with Gasteiger partial charge in [0, 0.05) is 24.9 Å². The molecule has 1 aromatic carbocycles. The maximum atomic E-state index is 12.2. The van der Waals surface area contributed by atoms with Crippen molar-refractivity contribution in [1.82, 2.24) is 15.8 Å². The fourth-order valence-corrected chi connectivity index (χ4v) is 3.91. The lowest BCUT2D eigenvalue weighted by Gasteiger charge is -2.26. The number of anilines is 1. The van der Waals surface area contributed by atoms with Crippen LogP contribution >= 0.6 is 11.3 Å². The molecule has 27 heavy (non-hydrogen) atoms. The Morgan fingerprint density at radius 3 is 2.85 bits per heavy atom. The number of hydrogen-bond acceptors (Lipinski definition) is 7. The number of ether oxygens (including phenoxy) is 2. The summed E-state index contributed by atoms with van der Waals surface area (Å²) in [6.45, 7) is 2.99. The van der Waals surface area contributed by atoms with Crippen LogP contribution in [0.5, 0.6) is 5.75 Å². The summed E-state index contributed by atoms with van der Waals surface area (Å²) in [5, 5.41) is 2.75. The fraction of sp³-hybridized carbons (Fsp3) is 0.389. The topological polar surface area (TPSA) is 92.8 Å². The minimum absolute atomic E-state index is 0.104. The third-order valence-corrected chi connectivity index (χ3v) is 5.38. The van der Waals surface area contributed by atoms with Crippen molar-refractivity contribution < 1.29 is 19.1 Å². The molecule has 1 fully saturated rings. The quantitative estimate of drug-likeness (QED) is 0.748. The van der Waals surface area contributed by atoms with Crippen LogP contribution < -0.4 is 20.5 Å². The second kappa shape index (κ2) is 7.93. The number of thiazole rings is 1. The van der Waals surface area contributed by atoms with Crippen LogP contribution in [0.4, 0.5) is 5.13 Å². The van der Waals surface area contributed by atoms with Crippen LogP contribution in [0.2, 0.25) is 0 Å². The highest BCUT2D eigenvalue weighted by Crippen LogP contribution is 2.28. The SMILES string of the molecule is O=C(Cc1csc(N2CCOCC2)n1)NNC(=O)[C@H]1Cc2ccccc2O1. The van der Waals surface area contributed by atoms with E-state index in [1.807, 2.05) is 29.6 Å². The number of morpholine rings is 1. The predicted molar refractivity (Wildman–Crippen MR) is 99.7 cm³/mol. The molecule has 142 valence electrons. The molecule has 2 N–H and O–H groups in total. The molecule has 2 amide bonds. The summed E-state index contributed by atoms with van der Waals surface area (Å²) in [5.74, 6) is 0.0200. The lowest BCUT2D eigenvalue weighted by molar-refractivity contribution is -0.132. The van der Waals surface area contributed by atoms with Gasteiger partial charge in [-0.25, -0.2) is 4.98 Å². The standard InChI is InChI=1S/C18H20N4O4S/c23-16(10-13-11-27-18(19-13)22-5-7-25-8-6-22)20-21-17(24)15-9-12-3-1-2-4-14(12)26-15/h1-4,11,15H,5-10H2,(H,20,23)(H,21,24)/t15-/m1/s1. The van der Waals surface area contributed by atoms with Crippen LogP contribution in [0.15, 0.2) is 29.6 Å². The molecule has 2 aromatic rings. The molecule has 1 aromatic heterocycles. The molecule has 0 bridgehead atoms. The molecule has 0 unspecified atom stereocenters. The van der Waals surface area contributed by atoms with Gasteiger partial charge in [0.2, 0.25) is 5.91 Å². The molecule has 3 heterocycles. The zero-order chi connectivity index (χ0) is 18.6. The van der Waals surface area contributed by atoms with Crippen LogP contribution in [0.3, 0.4) is 0 Å². The molecule has 2 aliphatic rings. The van der Waals surface area contributed by atoms with Gasteiger partial charge < -0.3 is 14.4 Å². The number of amides is 2. The smallest absolute Gasteiger partial charge is 0.279 e. The lowest BCUT2D eigenvalue weighted by atomic mass is 10.1. The number of rotatable bonds is 4. The number of para-hydroxylation sites is 1. The molecule has 8 nitrogen and oxygen atoms in total. The number of nitrogens with one attached hydrogen (secondary N) is 2. The molecule has 0 radical (unpaired) electrons. The number of carbonyl (C=O) groups excluding carboxylic acids is 2. The summed E-state index contributed by atoms with van der Waals surface area (Å²) in [6, 6.07) is 7.52. The minimum Gasteiger partial charge on any atom is -0.480 e. The Balaban J connectivity index is 1.24. The summed E-state index contributed by atoms with van der Waals surface area (Å²) < 4.78 is 10.9. The first kappa shape index (κ1) is 17.7. The number of nitrogens with zero attached hydrogens (tertiary/aromatic N) is 2. The number of aromatic nitrogens is 1. The van der Waals surface area contributed by atoms with Crippen molar-refractivity contribution in [3.8, 4) is 5.75 Å². The summed E-state index contributed by atoms with van der Waals surface area (Å²) in [7, 11) is 0. The third-order valence-electron chi connectivity index (χ3n) is 4.43. The largest absolute Gasteiger partial charge is 0.480 e. The van der Waals surface area contributed by atoms with Crippen LogP contribution in [0.25, 0.3) is 0 Å². The Morgan fingerprint density at radius 1 is 1.22 bits per heavy atom. The van der Waals surface area contributed by atoms with E-state index in [0.717, 1.165) is 23.8 Å². The van der Waals surface area contributed by atoms with Crippen LogP contribution in [0.1, 0.15) is 11.3 Å². The zero-order valence-corrected chi connectivity index (χ0v) is 15.5. The van der Waals surface area contributed by atoms with Gasteiger partial charge in [0.1, 0.15) is 5.75 Å². The summed E-state index contributed by atoms with van der Waals surface area (Å²) in [4.78, 5) is 30.9. The Labute approximate surface area is 160 Å². The highest BCUT2D eigenvalue weighted by molar-refractivity contribution is 7.13. The number of hydrogen-bond donors (Lipinski definition) is 2. The first-order valence-electron chi connectivity index (χ1n) is 8.79. The molecular formula is C18H20N4O4S. The number of hydrazine groups is 1. The van der Waals surface area contributed by atoms with E-state index in [0.29, 0.717) is 31.1 Å². The molecule has 0 aliphatic carbocycles. The van der Waals surface area contributed by atoms with E-state index in [2.05, 4.69) is 20.7 Å². The molecule has 1 saturated heterocycles. The van der Waals surface area contributed by atoms with E-state index in [1.54, 1.807) is 0 Å². The maximum Gasteiger partial charge on any atom is 0.279 e. The van der Waals surface area contributed by atoms with Crippen LogP contribution in [0, 0.1) is 0 Å². The van der Waals surface area contributed by atoms with Crippen molar-refractivity contribution in [3.05, 3.63) is 40.9 Å². The van der Waals surface area contributed by atoms with Gasteiger partial charge in [-0.2, -0.15) is 0 Å². The molecule has 4 rings (SSSR count). The zero-order valence-electron chi connectivity index (χ0n) is 14.6. The van der Waals surface area contributed by atoms with Crippen molar-refractivity contribution in [2.24, 2.45) is 0 Å². The predicted octanol–water partition coefficient (Wildman–Crippen LogP) is 0.673. The van der Waals surface area contributed by atoms with E-state index >= 15 is 0 Å². The minimum atomic E-state index is -0.630. The Morgan fingerprint density at radius 2 is 2.04 bits per heavy atom. The highest BCUT2D eigenvalue weighted by atomic mass is 32.1. The molecule has 0 saturated carbocycles. The van der Waals surface area contributed by atoms with Crippen molar-refractivity contribution in [1.29, 1.82) is 0 Å². The van der Waals surface area contributed by atoms with E-state index < -0.39 is 6.10 Å². The second-order valence-electron chi connectivity index (χ2n) is 6.35. The van der Waals surface area contributed by atoms with Crippen LogP contribution in [-0.2, 0) is 27.2 Å². The van der Waals surface area contributed by atoms with Crippen molar-refractivity contribution in [3.63, 3.8) is 0 Å². The van der Waals surface area contributed by atoms with E-state index in [4.69, 9.17) is 9.47 Å². The van der Waals surface area contributed by atoms with Gasteiger partial charge in [0.05, 0.1) is 25.3 Å². The Kier molecular flexibility index (Phi) is 5.21. The van der Waals surface area contributed by atoms with Gasteiger partial charge in [-0.3, -0.25) is 20.4 Å². The van der Waals surface area contributed by atoms with Crippen LogP contribution in [-0.4, -0.2) is 49.2 Å². The third kappa shape index (κ3) is 4.20. The van der Waals surface area contributed by atoms with Crippen molar-refractivity contribution in [2.45, 2.75) is 18.9 Å². The number of benzene rings is 1. The molecular weight excluding hydrogens is 368 g/mol. The average Bonchev–Trinajstić information content (AvgIpc) is 3.33. The first-order valence-corrected chi connectivity index (χ1v) is 9.67. The van der Waals surface area contributed by atoms with Gasteiger partial charge in [0.15, 0.2) is 11.2 Å². The molecule has 2 aliphatic heterocycles. The molecule has 0 spiro atoms. The first-order chi connectivity index (χ1) is 13.2. The van der Waals surface area contributed by atoms with Crippen molar-refractivity contribution in [2.75, 3.05) is 31.2 Å². The average molecular weight is 388 g/mol. The molecule has 1 atom stereocenters. The van der Waals surface area contributed by atoms with Gasteiger partial charge in [0.25, 0.3) is 5.91 Å². The lowest BCUT2D eigenvalue weighted by Crippen LogP contribution is -2.48. The monoisotopic (exact) mass is 388 g/mol. The highest BCUT2D eigenvalue weighted by Gasteiger charge is 2.29. The van der Waals surface area contributed by atoms with Gasteiger partial charge in [-0.15, -0.1) is 11.3 Å². The summed E-state index contributed by atoms with van der Waals surface area (Å²) >= 11 is 1.51. The normalized spacial score (nSPS) is 18.5. The Hall–Kier alpha value is -2.65. The number of carbonyl (C=O) groups is 2. The Bertz CT molecular complexity index is 809. The summed E-state index contributed by atoms with van der Waals surface area (Å²) in [5.41, 5.74) is 6.54. The maximum absolute atomic E-state index is 12.2.